The van der Waals surface area contributed by atoms with E-state index in [1.165, 1.54) is 30.3 Å². The van der Waals surface area contributed by atoms with Crippen LogP contribution in [0.1, 0.15) is 53.5 Å². The number of hydrazine groups is 1. The maximum Gasteiger partial charge on any atom is 0.416 e. The van der Waals surface area contributed by atoms with Crippen LogP contribution in [0.15, 0.2) is 77.7 Å². The highest BCUT2D eigenvalue weighted by Crippen LogP contribution is 2.35. The van der Waals surface area contributed by atoms with Gasteiger partial charge in [0, 0.05) is 23.1 Å². The fourth-order valence-corrected chi connectivity index (χ4v) is 5.71. The molecule has 0 saturated carbocycles. The van der Waals surface area contributed by atoms with Crippen LogP contribution in [0.3, 0.4) is 0 Å². The molecule has 0 bridgehead atoms. The smallest absolute Gasteiger partial charge is 0.290 e. The van der Waals surface area contributed by atoms with Crippen molar-refractivity contribution in [1.29, 1.82) is 0 Å². The molecule has 1 amide bonds. The molecule has 194 valence electrons. The number of nitrogen functional groups attached to an aromatic ring is 1. The summed E-state index contributed by atoms with van der Waals surface area (Å²) in [6.45, 7) is 5.88. The van der Waals surface area contributed by atoms with Crippen molar-refractivity contribution in [3.05, 3.63) is 101 Å². The summed E-state index contributed by atoms with van der Waals surface area (Å²) in [6.07, 6.45) is -4.48. The fraction of sp³-hybridized carbons (Fsp3) is 0.222. The maximum absolute atomic E-state index is 13.9. The van der Waals surface area contributed by atoms with Gasteiger partial charge in [-0.2, -0.15) is 13.2 Å². The lowest BCUT2D eigenvalue weighted by Crippen LogP contribution is -2.29. The quantitative estimate of drug-likeness (QED) is 0.206. The molecule has 0 aliphatic rings. The molecule has 1 heterocycles. The molecule has 0 spiro atoms. The lowest BCUT2D eigenvalue weighted by Gasteiger charge is -2.20. The van der Waals surface area contributed by atoms with Crippen LogP contribution >= 0.6 is 0 Å². The molecule has 0 radical (unpaired) electrons. The Morgan fingerprint density at radius 3 is 2.19 bits per heavy atom. The van der Waals surface area contributed by atoms with E-state index in [1.807, 2.05) is 32.3 Å². The van der Waals surface area contributed by atoms with Gasteiger partial charge >= 0.3 is 6.18 Å². The molecule has 0 fully saturated rings. The van der Waals surface area contributed by atoms with Crippen molar-refractivity contribution in [1.82, 2.24) is 9.40 Å². The third-order valence-electron chi connectivity index (χ3n) is 6.13. The van der Waals surface area contributed by atoms with Crippen LogP contribution in [-0.2, 0) is 28.0 Å². The Hall–Kier alpha value is -3.63. The molecule has 1 aromatic heterocycles. The molecule has 3 N–H and O–H groups in total. The maximum atomic E-state index is 13.9. The zero-order chi connectivity index (χ0) is 27.2. The second kappa shape index (κ2) is 9.35. The number of benzene rings is 3. The van der Waals surface area contributed by atoms with Crippen LogP contribution in [0.25, 0.3) is 10.9 Å². The van der Waals surface area contributed by atoms with Crippen molar-refractivity contribution in [2.24, 2.45) is 5.84 Å². The van der Waals surface area contributed by atoms with Crippen LogP contribution in [-0.4, -0.2) is 18.3 Å². The largest absolute Gasteiger partial charge is 0.416 e. The van der Waals surface area contributed by atoms with Crippen molar-refractivity contribution < 1.29 is 26.4 Å². The number of rotatable bonds is 5. The van der Waals surface area contributed by atoms with Crippen molar-refractivity contribution in [3.63, 3.8) is 0 Å². The van der Waals surface area contributed by atoms with Gasteiger partial charge in [-0.15, -0.1) is 0 Å². The Balaban J connectivity index is 1.89. The number of nitrogens with one attached hydrogen (secondary N) is 1. The molecule has 0 aliphatic heterocycles. The number of hydrogen-bond acceptors (Lipinski definition) is 4. The fourth-order valence-electron chi connectivity index (χ4n) is 4.13. The zero-order valence-corrected chi connectivity index (χ0v) is 21.2. The SMILES string of the molecule is CC(C)(C)c1cccc(S(=O)(=O)n2c(Cc3ccc(C(=O)NN)cc3)cc3cc(C(F)(F)F)ccc32)c1. The number of hydrogen-bond donors (Lipinski definition) is 2. The van der Waals surface area contributed by atoms with Gasteiger partial charge in [0.05, 0.1) is 16.0 Å². The number of amides is 1. The van der Waals surface area contributed by atoms with Crippen molar-refractivity contribution in [2.75, 3.05) is 0 Å². The monoisotopic (exact) mass is 529 g/mol. The van der Waals surface area contributed by atoms with E-state index in [0.717, 1.165) is 21.7 Å². The van der Waals surface area contributed by atoms with Crippen LogP contribution in [0.2, 0.25) is 0 Å². The summed E-state index contributed by atoms with van der Waals surface area (Å²) in [5, 5.41) is 0.152. The molecule has 0 unspecified atom stereocenters. The number of nitrogens with two attached hydrogens (primary N) is 1. The average molecular weight is 530 g/mol. The first-order valence-corrected chi connectivity index (χ1v) is 12.8. The Labute approximate surface area is 212 Å². The lowest BCUT2D eigenvalue weighted by atomic mass is 9.87. The first-order valence-electron chi connectivity index (χ1n) is 11.4. The number of aromatic nitrogens is 1. The van der Waals surface area contributed by atoms with Crippen LogP contribution in [0, 0.1) is 0 Å². The molecular weight excluding hydrogens is 503 g/mol. The summed E-state index contributed by atoms with van der Waals surface area (Å²) in [5.41, 5.74) is 3.06. The van der Waals surface area contributed by atoms with Gasteiger partial charge in [-0.3, -0.25) is 10.2 Å². The van der Waals surface area contributed by atoms with Crippen molar-refractivity contribution in [2.45, 2.75) is 43.7 Å². The normalized spacial score (nSPS) is 12.6. The molecule has 0 aliphatic carbocycles. The molecule has 4 rings (SSSR count). The van der Waals surface area contributed by atoms with E-state index in [-0.39, 0.29) is 33.3 Å². The highest BCUT2D eigenvalue weighted by molar-refractivity contribution is 7.90. The van der Waals surface area contributed by atoms with Crippen molar-refractivity contribution in [3.8, 4) is 0 Å². The highest BCUT2D eigenvalue weighted by Gasteiger charge is 2.32. The Bertz CT molecular complexity index is 1580. The van der Waals surface area contributed by atoms with Gasteiger partial charge in [-0.05, 0) is 65.1 Å². The van der Waals surface area contributed by atoms with E-state index in [9.17, 15) is 26.4 Å². The van der Waals surface area contributed by atoms with Crippen LogP contribution in [0.5, 0.6) is 0 Å². The van der Waals surface area contributed by atoms with E-state index < -0.39 is 27.7 Å². The number of carbonyl (C=O) groups excluding carboxylic acids is 1. The van der Waals surface area contributed by atoms with E-state index in [0.29, 0.717) is 11.1 Å². The zero-order valence-electron chi connectivity index (χ0n) is 20.4. The predicted octanol–water partition coefficient (Wildman–Crippen LogP) is 5.39. The molecule has 6 nitrogen and oxygen atoms in total. The summed E-state index contributed by atoms with van der Waals surface area (Å²) in [6, 6.07) is 17.4. The summed E-state index contributed by atoms with van der Waals surface area (Å²) < 4.78 is 69.1. The summed E-state index contributed by atoms with van der Waals surface area (Å²) >= 11 is 0. The molecule has 4 aromatic rings. The average Bonchev–Trinajstić information content (AvgIpc) is 3.21. The van der Waals surface area contributed by atoms with Crippen LogP contribution in [0.4, 0.5) is 13.2 Å². The van der Waals surface area contributed by atoms with Gasteiger partial charge in [0.2, 0.25) is 0 Å². The Kier molecular flexibility index (Phi) is 6.68. The van der Waals surface area contributed by atoms with Gasteiger partial charge < -0.3 is 0 Å². The van der Waals surface area contributed by atoms with Gasteiger partial charge in [0.15, 0.2) is 0 Å². The predicted molar refractivity (Wildman–Crippen MR) is 136 cm³/mol. The van der Waals surface area contributed by atoms with E-state index in [1.54, 1.807) is 24.3 Å². The second-order valence-corrected chi connectivity index (χ2v) is 11.6. The first-order chi connectivity index (χ1) is 17.2. The number of carbonyl (C=O) groups is 1. The minimum absolute atomic E-state index is 0.0357. The first kappa shape index (κ1) is 26.4. The Morgan fingerprint density at radius 1 is 0.919 bits per heavy atom. The number of nitrogens with zero attached hydrogens (tertiary/aromatic N) is 1. The molecule has 10 heteroatoms. The minimum atomic E-state index is -4.57. The third kappa shape index (κ3) is 5.26. The summed E-state index contributed by atoms with van der Waals surface area (Å²) in [5.74, 6) is 4.68. The Morgan fingerprint density at radius 2 is 1.59 bits per heavy atom. The molecular formula is C27H26F3N3O3S. The second-order valence-electron chi connectivity index (χ2n) is 9.80. The third-order valence-corrected chi connectivity index (χ3v) is 7.89. The standard InChI is InChI=1S/C27H26F3N3O3S/c1-26(2,3)20-5-4-6-23(16-20)37(35,36)33-22(13-17-7-9-18(10-8-17)25(34)32-31)15-19-14-21(27(28,29)30)11-12-24(19)33/h4-12,14-16H,13,31H2,1-3H3,(H,32,34). The highest BCUT2D eigenvalue weighted by atomic mass is 32.2. The number of halogens is 3. The van der Waals surface area contributed by atoms with Crippen molar-refractivity contribution >= 4 is 26.8 Å². The van der Waals surface area contributed by atoms with E-state index in [4.69, 9.17) is 5.84 Å². The van der Waals surface area contributed by atoms with E-state index >= 15 is 0 Å². The minimum Gasteiger partial charge on any atom is -0.290 e. The van der Waals surface area contributed by atoms with Crippen LogP contribution < -0.4 is 11.3 Å². The summed E-state index contributed by atoms with van der Waals surface area (Å²) in [4.78, 5) is 11.8. The summed E-state index contributed by atoms with van der Waals surface area (Å²) in [7, 11) is -4.17. The molecule has 0 atom stereocenters. The molecule has 0 saturated heterocycles. The lowest BCUT2D eigenvalue weighted by molar-refractivity contribution is -0.137. The van der Waals surface area contributed by atoms with Gasteiger partial charge in [-0.25, -0.2) is 18.2 Å². The van der Waals surface area contributed by atoms with E-state index in [2.05, 4.69) is 0 Å². The topological polar surface area (TPSA) is 94.2 Å². The van der Waals surface area contributed by atoms with Gasteiger partial charge in [0.25, 0.3) is 15.9 Å². The van der Waals surface area contributed by atoms with Gasteiger partial charge in [0.1, 0.15) is 0 Å². The number of fused-ring (bicyclic) bond motifs is 1. The van der Waals surface area contributed by atoms with Gasteiger partial charge in [-0.1, -0.05) is 45.0 Å². The molecule has 3 aromatic carbocycles. The molecule has 37 heavy (non-hydrogen) atoms. The number of alkyl halides is 3.